The predicted molar refractivity (Wildman–Crippen MR) is 335 cm³/mol. The third kappa shape index (κ3) is 57.9. The molecule has 1 amide bonds. The number of ether oxygens (including phenoxy) is 1. The zero-order valence-electron chi connectivity index (χ0n) is 51.6. The highest BCUT2D eigenvalue weighted by Crippen LogP contribution is 2.38. The van der Waals surface area contributed by atoms with Crippen LogP contribution in [0.2, 0.25) is 0 Å². The van der Waals surface area contributed by atoms with E-state index in [0.29, 0.717) is 17.4 Å². The van der Waals surface area contributed by atoms with Crippen LogP contribution in [0, 0.1) is 0 Å². The molecule has 0 rings (SSSR count). The largest absolute Gasteiger partial charge is 0.756 e. The first-order valence-corrected chi connectivity index (χ1v) is 33.9. The molecule has 78 heavy (non-hydrogen) atoms. The number of nitrogens with one attached hydrogen (secondary N) is 1. The fourth-order valence-electron chi connectivity index (χ4n) is 9.07. The molecule has 0 aliphatic rings. The van der Waals surface area contributed by atoms with E-state index in [4.69, 9.17) is 13.8 Å². The van der Waals surface area contributed by atoms with E-state index >= 15 is 0 Å². The van der Waals surface area contributed by atoms with Crippen LogP contribution in [0.5, 0.6) is 0 Å². The summed E-state index contributed by atoms with van der Waals surface area (Å²) in [6.07, 6.45) is 75.6. The van der Waals surface area contributed by atoms with E-state index in [-0.39, 0.29) is 24.9 Å². The number of rotatable bonds is 58. The van der Waals surface area contributed by atoms with Gasteiger partial charge in [-0.05, 0) is 102 Å². The number of nitrogens with zero attached hydrogens (tertiary/aromatic N) is 1. The van der Waals surface area contributed by atoms with Gasteiger partial charge in [0.05, 0.1) is 33.8 Å². The number of carbonyl (C=O) groups is 2. The van der Waals surface area contributed by atoms with Crippen molar-refractivity contribution in [3.05, 3.63) is 85.1 Å². The predicted octanol–water partition coefficient (Wildman–Crippen LogP) is 19.5. The maximum atomic E-state index is 13.5. The molecular weight excluding hydrogens is 988 g/mol. The van der Waals surface area contributed by atoms with Gasteiger partial charge in [-0.25, -0.2) is 0 Å². The average Bonchev–Trinajstić information content (AvgIpc) is 3.40. The van der Waals surface area contributed by atoms with Crippen LogP contribution in [0.4, 0.5) is 0 Å². The van der Waals surface area contributed by atoms with Gasteiger partial charge in [0.2, 0.25) is 5.91 Å². The van der Waals surface area contributed by atoms with E-state index in [1.54, 1.807) is 0 Å². The molecule has 0 heterocycles. The third-order valence-corrected chi connectivity index (χ3v) is 15.0. The van der Waals surface area contributed by atoms with Crippen molar-refractivity contribution in [2.45, 2.75) is 296 Å². The Bertz CT molecular complexity index is 1610. The molecule has 1 N–H and O–H groups in total. The number of hydrogen-bond donors (Lipinski definition) is 1. The van der Waals surface area contributed by atoms with Crippen LogP contribution in [-0.2, 0) is 27.9 Å². The van der Waals surface area contributed by atoms with Crippen molar-refractivity contribution in [2.75, 3.05) is 40.9 Å². The number of amides is 1. The summed E-state index contributed by atoms with van der Waals surface area (Å²) >= 11 is 0. The highest BCUT2D eigenvalue weighted by Gasteiger charge is 2.27. The van der Waals surface area contributed by atoms with E-state index in [1.165, 1.54) is 141 Å². The molecule has 0 saturated carbocycles. The highest BCUT2D eigenvalue weighted by atomic mass is 31.2. The molecule has 0 aliphatic heterocycles. The van der Waals surface area contributed by atoms with E-state index in [9.17, 15) is 19.0 Å². The van der Waals surface area contributed by atoms with Crippen LogP contribution in [0.25, 0.3) is 0 Å². The highest BCUT2D eigenvalue weighted by molar-refractivity contribution is 7.45. The van der Waals surface area contributed by atoms with Crippen molar-refractivity contribution in [3.63, 3.8) is 0 Å². The molecule has 0 fully saturated rings. The molecule has 0 spiro atoms. The van der Waals surface area contributed by atoms with Gasteiger partial charge in [-0.2, -0.15) is 0 Å². The van der Waals surface area contributed by atoms with Crippen molar-refractivity contribution < 1.29 is 37.3 Å². The number of carbonyl (C=O) groups excluding carboxylic acids is 2. The second-order valence-corrected chi connectivity index (χ2v) is 24.3. The van der Waals surface area contributed by atoms with Crippen LogP contribution in [0.1, 0.15) is 284 Å². The fraction of sp³-hybridized carbons (Fsp3) is 0.765. The number of allylic oxidation sites excluding steroid dienone is 13. The van der Waals surface area contributed by atoms with Crippen LogP contribution < -0.4 is 10.2 Å². The lowest BCUT2D eigenvalue weighted by Gasteiger charge is -2.30. The maximum Gasteiger partial charge on any atom is 0.306 e. The van der Waals surface area contributed by atoms with Gasteiger partial charge in [0.1, 0.15) is 19.3 Å². The summed E-state index contributed by atoms with van der Waals surface area (Å²) in [6.45, 7) is 6.70. The Morgan fingerprint density at radius 3 is 1.26 bits per heavy atom. The summed E-state index contributed by atoms with van der Waals surface area (Å²) in [4.78, 5) is 40.0. The minimum atomic E-state index is -4.70. The van der Waals surface area contributed by atoms with E-state index in [1.807, 2.05) is 33.3 Å². The third-order valence-electron chi connectivity index (χ3n) is 14.1. The zero-order valence-corrected chi connectivity index (χ0v) is 52.5. The van der Waals surface area contributed by atoms with Crippen molar-refractivity contribution >= 4 is 19.7 Å². The topological polar surface area (TPSA) is 114 Å². The quantitative estimate of drug-likeness (QED) is 0.0212. The van der Waals surface area contributed by atoms with Crippen molar-refractivity contribution in [1.82, 2.24) is 5.32 Å². The average molecular weight is 1110 g/mol. The Balaban J connectivity index is 5.05. The Labute approximate surface area is 482 Å². The first-order valence-electron chi connectivity index (χ1n) is 32.4. The van der Waals surface area contributed by atoms with Crippen LogP contribution in [-0.4, -0.2) is 69.4 Å². The molecule has 9 nitrogen and oxygen atoms in total. The lowest BCUT2D eigenvalue weighted by atomic mass is 10.0. The van der Waals surface area contributed by atoms with Crippen molar-refractivity contribution in [2.24, 2.45) is 0 Å². The molecule has 0 aliphatic carbocycles. The van der Waals surface area contributed by atoms with Crippen molar-refractivity contribution in [3.8, 4) is 0 Å². The second kappa shape index (κ2) is 57.4. The van der Waals surface area contributed by atoms with E-state index in [2.05, 4.69) is 99.0 Å². The first-order chi connectivity index (χ1) is 37.9. The zero-order chi connectivity index (χ0) is 57.2. The number of hydrogen-bond acceptors (Lipinski definition) is 7. The SMILES string of the molecule is CC/C=C/C/C=C/CCCCCCCCCC(=O)NC(COP(=O)([O-])OCC[N+](C)(C)C)C(/C=C\CCCCCCCCCCC)OC(=O)CCCCCCCCCCCCC/C=C\C/C=C\C/C=C\C/C=C\CCCCC. The molecule has 3 unspecified atom stereocenters. The van der Waals surface area contributed by atoms with Gasteiger partial charge in [0.25, 0.3) is 7.82 Å². The number of phosphoric acid groups is 1. The van der Waals surface area contributed by atoms with Crippen LogP contribution >= 0.6 is 7.82 Å². The van der Waals surface area contributed by atoms with Crippen LogP contribution in [0.3, 0.4) is 0 Å². The van der Waals surface area contributed by atoms with Gasteiger partial charge in [-0.15, -0.1) is 0 Å². The van der Waals surface area contributed by atoms with E-state index in [0.717, 1.165) is 109 Å². The van der Waals surface area contributed by atoms with Crippen LogP contribution in [0.15, 0.2) is 85.1 Å². The maximum absolute atomic E-state index is 13.5. The fourth-order valence-corrected chi connectivity index (χ4v) is 9.80. The second-order valence-electron chi connectivity index (χ2n) is 22.9. The van der Waals surface area contributed by atoms with Crippen molar-refractivity contribution in [1.29, 1.82) is 0 Å². The Morgan fingerprint density at radius 2 is 0.821 bits per heavy atom. The first kappa shape index (κ1) is 75.2. The molecule has 0 radical (unpaired) electrons. The van der Waals surface area contributed by atoms with E-state index < -0.39 is 26.6 Å². The normalized spacial score (nSPS) is 14.2. The minimum Gasteiger partial charge on any atom is -0.756 e. The Morgan fingerprint density at radius 1 is 0.462 bits per heavy atom. The lowest BCUT2D eigenvalue weighted by Crippen LogP contribution is -2.47. The number of phosphoric ester groups is 1. The van der Waals surface area contributed by atoms with Gasteiger partial charge in [-0.3, -0.25) is 14.2 Å². The number of esters is 1. The van der Waals surface area contributed by atoms with Gasteiger partial charge in [0.15, 0.2) is 0 Å². The molecule has 10 heteroatoms. The molecule has 0 aromatic heterocycles. The smallest absolute Gasteiger partial charge is 0.306 e. The molecular formula is C68H123N2O7P. The van der Waals surface area contributed by atoms with Gasteiger partial charge < -0.3 is 28.5 Å². The summed E-state index contributed by atoms with van der Waals surface area (Å²) < 4.78 is 30.3. The Kier molecular flexibility index (Phi) is 55.4. The summed E-state index contributed by atoms with van der Waals surface area (Å²) in [5, 5.41) is 3.02. The summed E-state index contributed by atoms with van der Waals surface area (Å²) in [5.41, 5.74) is 0. The summed E-state index contributed by atoms with van der Waals surface area (Å²) in [5.74, 6) is -0.554. The number of quaternary nitrogens is 1. The van der Waals surface area contributed by atoms with Gasteiger partial charge in [0, 0.05) is 12.8 Å². The van der Waals surface area contributed by atoms with Gasteiger partial charge >= 0.3 is 5.97 Å². The molecule has 3 atom stereocenters. The molecule has 0 bridgehead atoms. The molecule has 452 valence electrons. The van der Waals surface area contributed by atoms with Gasteiger partial charge in [-0.1, -0.05) is 254 Å². The number of likely N-dealkylation sites (N-methyl/N-ethyl adjacent to an activating group) is 1. The summed E-state index contributed by atoms with van der Waals surface area (Å²) in [6, 6.07) is -0.896. The molecule has 0 aromatic carbocycles. The number of unbranched alkanes of at least 4 members (excludes halogenated alkanes) is 30. The standard InChI is InChI=1S/C68H123N2O7P/c1-7-10-13-16-19-22-25-27-29-30-31-32-33-34-35-36-37-38-39-40-41-43-46-49-52-55-58-61-68(72)77-66(59-56-53-50-47-44-24-21-18-15-12-9-3)65(64-76-78(73,74)75-63-62-70(4,5)6)69-67(71)60-57-54-51-48-45-42-28-26-23-20-17-14-11-8-2/h11,14,19-20,22-23,27,29,31-32,34-35,56,59,65-66H,7-10,12-13,15-18,21,24-26,28,30,33,36-55,57-58,60-64H2,1-6H3,(H-,69,71,73,74)/b14-11+,22-19-,23-20+,29-27-,32-31-,35-34-,59-56-. The lowest BCUT2D eigenvalue weighted by molar-refractivity contribution is -0.870. The molecule has 0 saturated heterocycles. The summed E-state index contributed by atoms with van der Waals surface area (Å²) in [7, 11) is 1.17. The Hall–Kier alpha value is -2.81. The molecule has 0 aromatic rings. The monoisotopic (exact) mass is 1110 g/mol. The minimum absolute atomic E-state index is 0.0272.